The number of ether oxygens (including phenoxy) is 2. The van der Waals surface area contributed by atoms with Gasteiger partial charge in [-0.3, -0.25) is 13.9 Å². The molecular weight excluding hydrogens is 612 g/mol. The van der Waals surface area contributed by atoms with E-state index in [1.807, 2.05) is 6.92 Å². The lowest BCUT2D eigenvalue weighted by Crippen LogP contribution is -2.39. The molecule has 41 heavy (non-hydrogen) atoms. The molecule has 1 atom stereocenters. The number of nitrogens with one attached hydrogen (secondary N) is 2. The predicted octanol–water partition coefficient (Wildman–Crippen LogP) is 3.78. The molecule has 0 bridgehead atoms. The van der Waals surface area contributed by atoms with Crippen molar-refractivity contribution in [3.63, 3.8) is 0 Å². The summed E-state index contributed by atoms with van der Waals surface area (Å²) in [5.41, 5.74) is 4.30. The van der Waals surface area contributed by atoms with Gasteiger partial charge in [0.05, 0.1) is 22.9 Å². The lowest BCUT2D eigenvalue weighted by Gasteiger charge is -2.24. The van der Waals surface area contributed by atoms with Crippen molar-refractivity contribution in [2.45, 2.75) is 30.8 Å². The number of sulfonamides is 1. The van der Waals surface area contributed by atoms with Crippen LogP contribution in [0.3, 0.4) is 0 Å². The number of amides is 2. The summed E-state index contributed by atoms with van der Waals surface area (Å²) in [6.07, 6.45) is 3.45. The monoisotopic (exact) mass is 642 g/mol. The lowest BCUT2D eigenvalue weighted by molar-refractivity contribution is -0.123. The van der Waals surface area contributed by atoms with Gasteiger partial charge in [-0.25, -0.2) is 13.8 Å². The van der Waals surface area contributed by atoms with E-state index in [0.29, 0.717) is 28.0 Å². The van der Waals surface area contributed by atoms with Crippen molar-refractivity contribution >= 4 is 49.7 Å². The zero-order valence-electron chi connectivity index (χ0n) is 22.5. The number of hydrazone groups is 1. The first-order chi connectivity index (χ1) is 19.7. The summed E-state index contributed by atoms with van der Waals surface area (Å²) in [5, 5.41) is 6.76. The highest BCUT2D eigenvalue weighted by Gasteiger charge is 2.27. The number of anilines is 1. The number of aryl methyl sites for hydroxylation is 1. The van der Waals surface area contributed by atoms with Crippen LogP contribution >= 0.6 is 15.9 Å². The van der Waals surface area contributed by atoms with Crippen molar-refractivity contribution < 1.29 is 27.5 Å². The SMILES string of the molecule is Cc1ccc(S(=O)(=O)N(CC(=O)N/N=C\c2ccc(OCC(=O)NC[C@@H]3CCCO3)cc2)c2cccc(Br)c2)cc1. The standard InChI is InChI=1S/C29H31BrN4O6S/c1-21-7-13-27(14-8-21)41(37,38)34(24-5-2-4-23(30)16-24)19-28(35)33-32-17-22-9-11-25(12-10-22)40-20-29(36)31-18-26-6-3-15-39-26/h2,4-5,7-14,16-17,26H,3,6,15,18-20H2,1H3,(H,31,36)(H,33,35)/b32-17-/t26-/m0/s1. The first-order valence-corrected chi connectivity index (χ1v) is 15.2. The maximum absolute atomic E-state index is 13.5. The number of hydrogen-bond donors (Lipinski definition) is 2. The minimum absolute atomic E-state index is 0.0687. The summed E-state index contributed by atoms with van der Waals surface area (Å²) in [7, 11) is -4.03. The van der Waals surface area contributed by atoms with Crippen LogP contribution in [0.2, 0.25) is 0 Å². The third-order valence-electron chi connectivity index (χ3n) is 6.20. The highest BCUT2D eigenvalue weighted by molar-refractivity contribution is 9.10. The average Bonchev–Trinajstić information content (AvgIpc) is 3.48. The smallest absolute Gasteiger partial charge is 0.264 e. The Hall–Kier alpha value is -3.74. The van der Waals surface area contributed by atoms with Gasteiger partial charge in [0.2, 0.25) is 0 Å². The molecule has 0 saturated carbocycles. The summed E-state index contributed by atoms with van der Waals surface area (Å²) >= 11 is 3.36. The van der Waals surface area contributed by atoms with Gasteiger partial charge in [-0.05, 0) is 79.9 Å². The lowest BCUT2D eigenvalue weighted by atomic mass is 10.2. The highest BCUT2D eigenvalue weighted by Crippen LogP contribution is 2.26. The molecule has 0 unspecified atom stereocenters. The van der Waals surface area contributed by atoms with E-state index >= 15 is 0 Å². The Bertz CT molecular complexity index is 1470. The van der Waals surface area contributed by atoms with Gasteiger partial charge in [0, 0.05) is 17.6 Å². The Morgan fingerprint density at radius 2 is 1.85 bits per heavy atom. The van der Waals surface area contributed by atoms with E-state index in [-0.39, 0.29) is 23.5 Å². The molecule has 2 N–H and O–H groups in total. The first-order valence-electron chi connectivity index (χ1n) is 13.0. The normalized spacial score (nSPS) is 15.0. The van der Waals surface area contributed by atoms with Gasteiger partial charge in [0.25, 0.3) is 21.8 Å². The van der Waals surface area contributed by atoms with Crippen LogP contribution in [0.4, 0.5) is 5.69 Å². The van der Waals surface area contributed by atoms with Crippen LogP contribution in [0.15, 0.2) is 87.3 Å². The highest BCUT2D eigenvalue weighted by atomic mass is 79.9. The van der Waals surface area contributed by atoms with Crippen molar-refractivity contribution in [1.29, 1.82) is 0 Å². The van der Waals surface area contributed by atoms with E-state index in [0.717, 1.165) is 29.3 Å². The number of carbonyl (C=O) groups excluding carboxylic acids is 2. The number of halogens is 1. The molecule has 3 aromatic carbocycles. The van der Waals surface area contributed by atoms with Crippen LogP contribution in [0.25, 0.3) is 0 Å². The third kappa shape index (κ3) is 8.87. The molecular formula is C29H31BrN4O6S. The molecule has 10 nitrogen and oxygen atoms in total. The van der Waals surface area contributed by atoms with Crippen molar-refractivity contribution in [1.82, 2.24) is 10.7 Å². The van der Waals surface area contributed by atoms with Crippen LogP contribution in [-0.2, 0) is 24.3 Å². The van der Waals surface area contributed by atoms with Gasteiger partial charge in [-0.15, -0.1) is 0 Å². The Morgan fingerprint density at radius 3 is 2.54 bits per heavy atom. The molecule has 4 rings (SSSR count). The molecule has 216 valence electrons. The predicted molar refractivity (Wildman–Crippen MR) is 160 cm³/mol. The number of nitrogens with zero attached hydrogens (tertiary/aromatic N) is 2. The van der Waals surface area contributed by atoms with E-state index < -0.39 is 22.5 Å². The molecule has 12 heteroatoms. The van der Waals surface area contributed by atoms with E-state index in [4.69, 9.17) is 9.47 Å². The van der Waals surface area contributed by atoms with Gasteiger partial charge >= 0.3 is 0 Å². The van der Waals surface area contributed by atoms with Gasteiger partial charge in [0.15, 0.2) is 6.61 Å². The third-order valence-corrected chi connectivity index (χ3v) is 8.48. The Labute approximate surface area is 247 Å². The molecule has 0 radical (unpaired) electrons. The number of carbonyl (C=O) groups is 2. The zero-order valence-corrected chi connectivity index (χ0v) is 24.9. The minimum Gasteiger partial charge on any atom is -0.484 e. The quantitative estimate of drug-likeness (QED) is 0.229. The Kier molecular flexibility index (Phi) is 10.5. The van der Waals surface area contributed by atoms with E-state index in [1.54, 1.807) is 60.7 Å². The summed E-state index contributed by atoms with van der Waals surface area (Å²) in [5.74, 6) is -0.342. The molecule has 1 saturated heterocycles. The second kappa shape index (κ2) is 14.2. The second-order valence-electron chi connectivity index (χ2n) is 9.39. The van der Waals surface area contributed by atoms with Crippen LogP contribution < -0.4 is 19.8 Å². The molecule has 1 aliphatic heterocycles. The Morgan fingerprint density at radius 1 is 1.10 bits per heavy atom. The summed E-state index contributed by atoms with van der Waals surface area (Å²) < 4.78 is 39.6. The molecule has 1 aliphatic rings. The van der Waals surface area contributed by atoms with Crippen LogP contribution in [0, 0.1) is 6.92 Å². The largest absolute Gasteiger partial charge is 0.484 e. The van der Waals surface area contributed by atoms with E-state index in [9.17, 15) is 18.0 Å². The fourth-order valence-corrected chi connectivity index (χ4v) is 5.81. The summed E-state index contributed by atoms with van der Waals surface area (Å²) in [4.78, 5) is 24.8. The molecule has 2 amide bonds. The van der Waals surface area contributed by atoms with E-state index in [2.05, 4.69) is 31.8 Å². The molecule has 1 fully saturated rings. The molecule has 0 aliphatic carbocycles. The van der Waals surface area contributed by atoms with Gasteiger partial charge in [0.1, 0.15) is 12.3 Å². The zero-order chi connectivity index (χ0) is 29.2. The molecule has 1 heterocycles. The average molecular weight is 644 g/mol. The number of benzene rings is 3. The van der Waals surface area contributed by atoms with E-state index in [1.165, 1.54) is 18.3 Å². The number of hydrogen-bond acceptors (Lipinski definition) is 7. The van der Waals surface area contributed by atoms with Gasteiger partial charge < -0.3 is 14.8 Å². The first kappa shape index (κ1) is 30.2. The molecule has 0 aromatic heterocycles. The van der Waals surface area contributed by atoms with Crippen LogP contribution in [0.5, 0.6) is 5.75 Å². The maximum atomic E-state index is 13.5. The second-order valence-corrected chi connectivity index (χ2v) is 12.2. The fraction of sp³-hybridized carbons (Fsp3) is 0.276. The summed E-state index contributed by atoms with van der Waals surface area (Å²) in [6, 6.07) is 19.9. The van der Waals surface area contributed by atoms with Crippen molar-refractivity contribution in [2.24, 2.45) is 5.10 Å². The van der Waals surface area contributed by atoms with Crippen molar-refractivity contribution in [3.05, 3.63) is 88.4 Å². The van der Waals surface area contributed by atoms with Gasteiger partial charge in [-0.1, -0.05) is 39.7 Å². The minimum atomic E-state index is -4.03. The number of rotatable bonds is 12. The van der Waals surface area contributed by atoms with Crippen molar-refractivity contribution in [2.75, 3.05) is 30.6 Å². The molecule has 3 aromatic rings. The summed E-state index contributed by atoms with van der Waals surface area (Å²) in [6.45, 7) is 2.47. The van der Waals surface area contributed by atoms with Crippen LogP contribution in [0.1, 0.15) is 24.0 Å². The maximum Gasteiger partial charge on any atom is 0.264 e. The Balaban J connectivity index is 1.32. The fourth-order valence-electron chi connectivity index (χ4n) is 4.01. The van der Waals surface area contributed by atoms with Gasteiger partial charge in [-0.2, -0.15) is 5.10 Å². The van der Waals surface area contributed by atoms with Crippen LogP contribution in [-0.4, -0.2) is 58.9 Å². The topological polar surface area (TPSA) is 126 Å². The molecule has 0 spiro atoms. The van der Waals surface area contributed by atoms with Crippen molar-refractivity contribution in [3.8, 4) is 5.75 Å².